The minimum absolute atomic E-state index is 0.0552. The Kier molecular flexibility index (Phi) is 2.80. The number of ether oxygens (including phenoxy) is 2. The summed E-state index contributed by atoms with van der Waals surface area (Å²) in [5.74, 6) is 0.867. The molecule has 114 valence electrons. The lowest BCUT2D eigenvalue weighted by Crippen LogP contribution is -1.99. The van der Waals surface area contributed by atoms with Gasteiger partial charge in [0.1, 0.15) is 5.58 Å². The SMILES string of the molecule is O=C(c1ccc2c(c1)OCO2)c1cc2cc([N+](=O)[O-])ccc2o1. The summed E-state index contributed by atoms with van der Waals surface area (Å²) in [4.78, 5) is 22.8. The number of ketones is 1. The highest BCUT2D eigenvalue weighted by Gasteiger charge is 2.20. The molecule has 4 rings (SSSR count). The van der Waals surface area contributed by atoms with Crippen LogP contribution in [0.15, 0.2) is 46.9 Å². The van der Waals surface area contributed by atoms with Gasteiger partial charge in [0.25, 0.3) is 5.69 Å². The Balaban J connectivity index is 1.73. The average Bonchev–Trinajstić information content (AvgIpc) is 3.18. The van der Waals surface area contributed by atoms with Crippen LogP contribution < -0.4 is 9.47 Å². The van der Waals surface area contributed by atoms with Gasteiger partial charge in [0, 0.05) is 23.1 Å². The van der Waals surface area contributed by atoms with Crippen LogP contribution in [0.25, 0.3) is 11.0 Å². The number of rotatable bonds is 3. The molecule has 0 fully saturated rings. The third-order valence-corrected chi connectivity index (χ3v) is 3.57. The number of fused-ring (bicyclic) bond motifs is 2. The van der Waals surface area contributed by atoms with Gasteiger partial charge < -0.3 is 13.9 Å². The van der Waals surface area contributed by atoms with E-state index in [0.29, 0.717) is 28.0 Å². The molecule has 7 nitrogen and oxygen atoms in total. The molecule has 1 aliphatic heterocycles. The second-order valence-corrected chi connectivity index (χ2v) is 4.99. The zero-order valence-electron chi connectivity index (χ0n) is 11.6. The van der Waals surface area contributed by atoms with Gasteiger partial charge in [0.2, 0.25) is 12.6 Å². The second-order valence-electron chi connectivity index (χ2n) is 4.99. The van der Waals surface area contributed by atoms with Crippen molar-refractivity contribution < 1.29 is 23.6 Å². The number of hydrogen-bond donors (Lipinski definition) is 0. The highest BCUT2D eigenvalue weighted by atomic mass is 16.7. The van der Waals surface area contributed by atoms with E-state index in [1.807, 2.05) is 0 Å². The van der Waals surface area contributed by atoms with E-state index in [9.17, 15) is 14.9 Å². The molecule has 1 aliphatic rings. The minimum atomic E-state index is -0.494. The van der Waals surface area contributed by atoms with E-state index in [1.165, 1.54) is 24.3 Å². The maximum absolute atomic E-state index is 12.5. The van der Waals surface area contributed by atoms with Gasteiger partial charge in [-0.2, -0.15) is 0 Å². The number of nitro groups is 1. The molecule has 0 unspecified atom stereocenters. The van der Waals surface area contributed by atoms with Crippen LogP contribution in [-0.4, -0.2) is 17.5 Å². The van der Waals surface area contributed by atoms with Crippen molar-refractivity contribution in [3.63, 3.8) is 0 Å². The fourth-order valence-electron chi connectivity index (χ4n) is 2.44. The van der Waals surface area contributed by atoms with Gasteiger partial charge in [-0.15, -0.1) is 0 Å². The molecule has 23 heavy (non-hydrogen) atoms. The van der Waals surface area contributed by atoms with Crippen molar-refractivity contribution >= 4 is 22.4 Å². The number of furan rings is 1. The lowest BCUT2D eigenvalue weighted by molar-refractivity contribution is -0.384. The molecule has 1 aromatic heterocycles. The van der Waals surface area contributed by atoms with Gasteiger partial charge in [0.15, 0.2) is 17.3 Å². The molecule has 0 spiro atoms. The van der Waals surface area contributed by atoms with Crippen LogP contribution in [0, 0.1) is 10.1 Å². The van der Waals surface area contributed by atoms with Crippen LogP contribution in [0.5, 0.6) is 11.5 Å². The molecular formula is C16H9NO6. The van der Waals surface area contributed by atoms with Gasteiger partial charge in [-0.1, -0.05) is 0 Å². The molecule has 0 amide bonds. The van der Waals surface area contributed by atoms with Crippen LogP contribution in [0.1, 0.15) is 16.1 Å². The van der Waals surface area contributed by atoms with Crippen LogP contribution in [-0.2, 0) is 0 Å². The molecular weight excluding hydrogens is 302 g/mol. The lowest BCUT2D eigenvalue weighted by atomic mass is 10.1. The van der Waals surface area contributed by atoms with Crippen molar-refractivity contribution in [2.24, 2.45) is 0 Å². The molecule has 2 heterocycles. The summed E-state index contributed by atoms with van der Waals surface area (Å²) in [6.45, 7) is 0.126. The highest BCUT2D eigenvalue weighted by molar-refractivity contribution is 6.09. The zero-order chi connectivity index (χ0) is 16.0. The van der Waals surface area contributed by atoms with Crippen molar-refractivity contribution in [1.82, 2.24) is 0 Å². The smallest absolute Gasteiger partial charge is 0.270 e. The maximum Gasteiger partial charge on any atom is 0.270 e. The maximum atomic E-state index is 12.5. The molecule has 3 aromatic rings. The fraction of sp³-hybridized carbons (Fsp3) is 0.0625. The van der Waals surface area contributed by atoms with Crippen molar-refractivity contribution in [1.29, 1.82) is 0 Å². The Hall–Kier alpha value is -3.35. The summed E-state index contributed by atoms with van der Waals surface area (Å²) in [5, 5.41) is 11.3. The Morgan fingerprint density at radius 1 is 1.04 bits per heavy atom. The van der Waals surface area contributed by atoms with Gasteiger partial charge in [-0.25, -0.2) is 0 Å². The molecule has 0 N–H and O–H groups in total. The summed E-state index contributed by atoms with van der Waals surface area (Å²) >= 11 is 0. The van der Waals surface area contributed by atoms with Crippen LogP contribution in [0.2, 0.25) is 0 Å². The molecule has 0 bridgehead atoms. The summed E-state index contributed by atoms with van der Waals surface area (Å²) in [5.41, 5.74) is 0.753. The summed E-state index contributed by atoms with van der Waals surface area (Å²) < 4.78 is 15.9. The first-order chi connectivity index (χ1) is 11.1. The summed E-state index contributed by atoms with van der Waals surface area (Å²) in [7, 11) is 0. The topological polar surface area (TPSA) is 91.8 Å². The normalized spacial score (nSPS) is 12.5. The van der Waals surface area contributed by atoms with E-state index in [1.54, 1.807) is 18.2 Å². The number of carbonyl (C=O) groups is 1. The van der Waals surface area contributed by atoms with Gasteiger partial charge in [0.05, 0.1) is 4.92 Å². The number of nitro benzene ring substituents is 1. The van der Waals surface area contributed by atoms with Gasteiger partial charge in [-0.3, -0.25) is 14.9 Å². The van der Waals surface area contributed by atoms with E-state index < -0.39 is 4.92 Å². The molecule has 0 radical (unpaired) electrons. The Bertz CT molecular complexity index is 958. The zero-order valence-corrected chi connectivity index (χ0v) is 11.6. The van der Waals surface area contributed by atoms with E-state index in [-0.39, 0.29) is 24.0 Å². The van der Waals surface area contributed by atoms with Crippen LogP contribution >= 0.6 is 0 Å². The third-order valence-electron chi connectivity index (χ3n) is 3.57. The number of non-ortho nitro benzene ring substituents is 1. The van der Waals surface area contributed by atoms with Crippen molar-refractivity contribution in [3.8, 4) is 11.5 Å². The summed E-state index contributed by atoms with van der Waals surface area (Å²) in [6, 6.07) is 10.5. The molecule has 0 saturated carbocycles. The molecule has 7 heteroatoms. The Morgan fingerprint density at radius 2 is 1.87 bits per heavy atom. The highest BCUT2D eigenvalue weighted by Crippen LogP contribution is 2.33. The van der Waals surface area contributed by atoms with Crippen molar-refractivity contribution in [3.05, 3.63) is 63.9 Å². The first-order valence-corrected chi connectivity index (χ1v) is 6.74. The minimum Gasteiger partial charge on any atom is -0.454 e. The average molecular weight is 311 g/mol. The number of hydrogen-bond acceptors (Lipinski definition) is 6. The monoisotopic (exact) mass is 311 g/mol. The summed E-state index contributed by atoms with van der Waals surface area (Å²) in [6.07, 6.45) is 0. The van der Waals surface area contributed by atoms with E-state index in [0.717, 1.165) is 0 Å². The fourth-order valence-corrected chi connectivity index (χ4v) is 2.44. The standard InChI is InChI=1S/C16H9NO6/c18-16(9-1-3-13-14(6-9)22-8-21-13)15-7-10-5-11(17(19)20)2-4-12(10)23-15/h1-7H,8H2. The van der Waals surface area contributed by atoms with E-state index in [4.69, 9.17) is 13.9 Å². The Morgan fingerprint density at radius 3 is 2.70 bits per heavy atom. The molecule has 2 aromatic carbocycles. The quantitative estimate of drug-likeness (QED) is 0.418. The first kappa shape index (κ1) is 13.3. The van der Waals surface area contributed by atoms with Gasteiger partial charge in [-0.05, 0) is 30.3 Å². The lowest BCUT2D eigenvalue weighted by Gasteiger charge is -1.99. The van der Waals surface area contributed by atoms with Crippen molar-refractivity contribution in [2.75, 3.05) is 6.79 Å². The third kappa shape index (κ3) is 2.18. The van der Waals surface area contributed by atoms with Crippen LogP contribution in [0.3, 0.4) is 0 Å². The predicted octanol–water partition coefficient (Wildman–Crippen LogP) is 3.30. The second kappa shape index (κ2) is 4.84. The van der Waals surface area contributed by atoms with Crippen LogP contribution in [0.4, 0.5) is 5.69 Å². The molecule has 0 aliphatic carbocycles. The first-order valence-electron chi connectivity index (χ1n) is 6.74. The Labute approximate surface area is 129 Å². The van der Waals surface area contributed by atoms with Gasteiger partial charge >= 0.3 is 0 Å². The van der Waals surface area contributed by atoms with E-state index >= 15 is 0 Å². The van der Waals surface area contributed by atoms with E-state index in [2.05, 4.69) is 0 Å². The molecule has 0 saturated heterocycles. The van der Waals surface area contributed by atoms with Crippen molar-refractivity contribution in [2.45, 2.75) is 0 Å². The molecule has 0 atom stereocenters. The largest absolute Gasteiger partial charge is 0.454 e. The number of carbonyl (C=O) groups excluding carboxylic acids is 1. The predicted molar refractivity (Wildman–Crippen MR) is 78.9 cm³/mol. The number of benzene rings is 2. The number of nitrogens with zero attached hydrogens (tertiary/aromatic N) is 1.